The molecule has 17 heavy (non-hydrogen) atoms. The molecule has 1 aliphatic heterocycles. The predicted molar refractivity (Wildman–Crippen MR) is 67.9 cm³/mol. The zero-order valence-electron chi connectivity index (χ0n) is 10.5. The molecule has 1 aliphatic carbocycles. The van der Waals surface area contributed by atoms with Gasteiger partial charge in [-0.2, -0.15) is 12.7 Å². The Bertz CT molecular complexity index is 339. The maximum atomic E-state index is 12.0. The lowest BCUT2D eigenvalue weighted by Crippen LogP contribution is -2.51. The number of rotatable bonds is 4. The molecule has 100 valence electrons. The Morgan fingerprint density at radius 1 is 1.29 bits per heavy atom. The summed E-state index contributed by atoms with van der Waals surface area (Å²) in [5.74, 6) is 1.28. The van der Waals surface area contributed by atoms with Crippen molar-refractivity contribution in [2.45, 2.75) is 26.2 Å². The first-order valence-corrected chi connectivity index (χ1v) is 7.97. The first-order chi connectivity index (χ1) is 8.08. The van der Waals surface area contributed by atoms with E-state index >= 15 is 0 Å². The third-order valence-electron chi connectivity index (χ3n) is 3.77. The van der Waals surface area contributed by atoms with Crippen molar-refractivity contribution in [2.75, 3.05) is 32.7 Å². The van der Waals surface area contributed by atoms with Crippen molar-refractivity contribution in [2.24, 2.45) is 11.8 Å². The van der Waals surface area contributed by atoms with Crippen LogP contribution in [0.1, 0.15) is 26.2 Å². The van der Waals surface area contributed by atoms with Gasteiger partial charge in [0.2, 0.25) is 0 Å². The summed E-state index contributed by atoms with van der Waals surface area (Å²) in [6, 6.07) is 0. The van der Waals surface area contributed by atoms with Gasteiger partial charge in [-0.25, -0.2) is 4.72 Å². The highest BCUT2D eigenvalue weighted by Crippen LogP contribution is 2.29. The van der Waals surface area contributed by atoms with E-state index in [0.717, 1.165) is 31.8 Å². The Labute approximate surface area is 104 Å². The molecule has 0 aromatic heterocycles. The molecule has 0 amide bonds. The molecule has 1 saturated carbocycles. The van der Waals surface area contributed by atoms with Crippen LogP contribution >= 0.6 is 0 Å². The zero-order valence-corrected chi connectivity index (χ0v) is 11.3. The SMILES string of the molecule is CC1CCC(CNS(=O)(=O)N2CCNCC2)C1. The van der Waals surface area contributed by atoms with Crippen molar-refractivity contribution in [3.63, 3.8) is 0 Å². The molecule has 0 radical (unpaired) electrons. The van der Waals surface area contributed by atoms with E-state index in [1.54, 1.807) is 4.31 Å². The van der Waals surface area contributed by atoms with E-state index < -0.39 is 10.2 Å². The van der Waals surface area contributed by atoms with E-state index in [-0.39, 0.29) is 0 Å². The van der Waals surface area contributed by atoms with Gasteiger partial charge in [0.1, 0.15) is 0 Å². The highest BCUT2D eigenvalue weighted by atomic mass is 32.2. The normalized spacial score (nSPS) is 31.8. The number of piperazine rings is 1. The molecule has 1 heterocycles. The fraction of sp³-hybridized carbons (Fsp3) is 1.00. The molecule has 0 spiro atoms. The number of nitrogens with zero attached hydrogens (tertiary/aromatic N) is 1. The third kappa shape index (κ3) is 3.64. The second-order valence-electron chi connectivity index (χ2n) is 5.29. The van der Waals surface area contributed by atoms with Gasteiger partial charge in [0.15, 0.2) is 0 Å². The van der Waals surface area contributed by atoms with Gasteiger partial charge in [0.05, 0.1) is 0 Å². The van der Waals surface area contributed by atoms with Gasteiger partial charge >= 0.3 is 0 Å². The van der Waals surface area contributed by atoms with E-state index in [1.165, 1.54) is 6.42 Å². The summed E-state index contributed by atoms with van der Waals surface area (Å²) >= 11 is 0. The van der Waals surface area contributed by atoms with E-state index in [2.05, 4.69) is 17.0 Å². The average molecular weight is 261 g/mol. The molecule has 0 aromatic carbocycles. The lowest BCUT2D eigenvalue weighted by atomic mass is 10.1. The highest BCUT2D eigenvalue weighted by Gasteiger charge is 2.26. The Kier molecular flexibility index (Phi) is 4.41. The zero-order chi connectivity index (χ0) is 12.3. The summed E-state index contributed by atoms with van der Waals surface area (Å²) < 4.78 is 28.3. The summed E-state index contributed by atoms with van der Waals surface area (Å²) in [6.07, 6.45) is 3.55. The highest BCUT2D eigenvalue weighted by molar-refractivity contribution is 7.87. The van der Waals surface area contributed by atoms with Crippen molar-refractivity contribution in [1.29, 1.82) is 0 Å². The maximum absolute atomic E-state index is 12.0. The van der Waals surface area contributed by atoms with E-state index in [4.69, 9.17) is 0 Å². The van der Waals surface area contributed by atoms with Gasteiger partial charge in [-0.05, 0) is 24.7 Å². The molecular weight excluding hydrogens is 238 g/mol. The van der Waals surface area contributed by atoms with Crippen LogP contribution in [0.15, 0.2) is 0 Å². The standard InChI is InChI=1S/C11H23N3O2S/c1-10-2-3-11(8-10)9-13-17(15,16)14-6-4-12-5-7-14/h10-13H,2-9H2,1H3. The predicted octanol–water partition coefficient (Wildman–Crippen LogP) is 0.162. The summed E-state index contributed by atoms with van der Waals surface area (Å²) in [4.78, 5) is 0. The minimum absolute atomic E-state index is 0.530. The Morgan fingerprint density at radius 3 is 2.59 bits per heavy atom. The Hall–Kier alpha value is -0.170. The van der Waals surface area contributed by atoms with Crippen molar-refractivity contribution in [3.05, 3.63) is 0 Å². The van der Waals surface area contributed by atoms with Gasteiger partial charge in [0.25, 0.3) is 10.2 Å². The van der Waals surface area contributed by atoms with Crippen molar-refractivity contribution in [1.82, 2.24) is 14.3 Å². The molecule has 1 saturated heterocycles. The second-order valence-corrected chi connectivity index (χ2v) is 7.04. The Morgan fingerprint density at radius 2 is 2.00 bits per heavy atom. The van der Waals surface area contributed by atoms with Crippen LogP contribution in [0.4, 0.5) is 0 Å². The second kappa shape index (κ2) is 5.65. The molecule has 0 bridgehead atoms. The van der Waals surface area contributed by atoms with Crippen LogP contribution in [0, 0.1) is 11.8 Å². The third-order valence-corrected chi connectivity index (χ3v) is 5.35. The summed E-state index contributed by atoms with van der Waals surface area (Å²) in [7, 11) is -3.24. The van der Waals surface area contributed by atoms with Gasteiger partial charge in [-0.1, -0.05) is 13.3 Å². The van der Waals surface area contributed by atoms with Gasteiger partial charge in [-0.3, -0.25) is 0 Å². The van der Waals surface area contributed by atoms with E-state index in [0.29, 0.717) is 25.6 Å². The number of hydrogen-bond donors (Lipinski definition) is 2. The molecule has 2 atom stereocenters. The van der Waals surface area contributed by atoms with E-state index in [1.807, 2.05) is 0 Å². The molecule has 5 nitrogen and oxygen atoms in total. The topological polar surface area (TPSA) is 61.4 Å². The van der Waals surface area contributed by atoms with Crippen molar-refractivity contribution >= 4 is 10.2 Å². The Balaban J connectivity index is 1.80. The number of hydrogen-bond acceptors (Lipinski definition) is 3. The first-order valence-electron chi connectivity index (χ1n) is 6.53. The molecule has 2 aliphatic rings. The molecule has 2 rings (SSSR count). The van der Waals surface area contributed by atoms with Gasteiger partial charge < -0.3 is 5.32 Å². The molecule has 2 N–H and O–H groups in total. The minimum atomic E-state index is -3.24. The van der Waals surface area contributed by atoms with Crippen LogP contribution in [-0.4, -0.2) is 45.4 Å². The van der Waals surface area contributed by atoms with Crippen molar-refractivity contribution < 1.29 is 8.42 Å². The molecule has 0 aromatic rings. The fourth-order valence-electron chi connectivity index (χ4n) is 2.71. The maximum Gasteiger partial charge on any atom is 0.279 e. The van der Waals surface area contributed by atoms with Crippen LogP contribution < -0.4 is 10.0 Å². The fourth-order valence-corrected chi connectivity index (χ4v) is 4.00. The lowest BCUT2D eigenvalue weighted by molar-refractivity contribution is 0.352. The summed E-state index contributed by atoms with van der Waals surface area (Å²) in [6.45, 7) is 5.51. The van der Waals surface area contributed by atoms with Crippen LogP contribution in [0.3, 0.4) is 0 Å². The van der Waals surface area contributed by atoms with Crippen LogP contribution in [0.2, 0.25) is 0 Å². The average Bonchev–Trinajstić information content (AvgIpc) is 2.74. The summed E-state index contributed by atoms with van der Waals surface area (Å²) in [5, 5.41) is 3.16. The quantitative estimate of drug-likeness (QED) is 0.758. The van der Waals surface area contributed by atoms with Gasteiger partial charge in [0, 0.05) is 32.7 Å². The van der Waals surface area contributed by atoms with Crippen LogP contribution in [-0.2, 0) is 10.2 Å². The van der Waals surface area contributed by atoms with Gasteiger partial charge in [-0.15, -0.1) is 0 Å². The molecule has 6 heteroatoms. The van der Waals surface area contributed by atoms with Crippen molar-refractivity contribution in [3.8, 4) is 0 Å². The molecule has 2 unspecified atom stereocenters. The first kappa shape index (κ1) is 13.3. The smallest absolute Gasteiger partial charge is 0.279 e. The summed E-state index contributed by atoms with van der Waals surface area (Å²) in [5.41, 5.74) is 0. The van der Waals surface area contributed by atoms with E-state index in [9.17, 15) is 8.42 Å². The molecular formula is C11H23N3O2S. The minimum Gasteiger partial charge on any atom is -0.314 e. The van der Waals surface area contributed by atoms with Crippen LogP contribution in [0.25, 0.3) is 0 Å². The molecule has 2 fully saturated rings. The largest absolute Gasteiger partial charge is 0.314 e. The van der Waals surface area contributed by atoms with Crippen LogP contribution in [0.5, 0.6) is 0 Å². The lowest BCUT2D eigenvalue weighted by Gasteiger charge is -2.27. The monoisotopic (exact) mass is 261 g/mol. The number of nitrogens with one attached hydrogen (secondary N) is 2.